The number of rotatable bonds is 8. The number of carbonyl (C=O) groups excluding carboxylic acids is 1. The lowest BCUT2D eigenvalue weighted by atomic mass is 10.0. The Balaban J connectivity index is 1.80. The first-order valence-corrected chi connectivity index (χ1v) is 11.1. The van der Waals surface area contributed by atoms with Crippen molar-refractivity contribution in [1.82, 2.24) is 9.88 Å². The van der Waals surface area contributed by atoms with Gasteiger partial charge >= 0.3 is 0 Å². The number of nitrogens with one attached hydrogen (secondary N) is 2. The third kappa shape index (κ3) is 5.38. The van der Waals surface area contributed by atoms with Crippen LogP contribution in [0.25, 0.3) is 11.3 Å². The summed E-state index contributed by atoms with van der Waals surface area (Å²) in [6, 6.07) is 10.4. The molecule has 0 unspecified atom stereocenters. The quantitative estimate of drug-likeness (QED) is 0.485. The molecule has 0 aliphatic rings. The minimum Gasteiger partial charge on any atom is -0.360 e. The molecule has 0 atom stereocenters. The zero-order chi connectivity index (χ0) is 22.6. The van der Waals surface area contributed by atoms with Crippen LogP contribution in [0.2, 0.25) is 5.02 Å². The molecule has 3 aromatic rings. The van der Waals surface area contributed by atoms with Gasteiger partial charge in [-0.05, 0) is 36.8 Å². The molecule has 2 aromatic carbocycles. The highest BCUT2D eigenvalue weighted by Crippen LogP contribution is 2.33. The van der Waals surface area contributed by atoms with E-state index in [1.807, 2.05) is 0 Å². The number of aromatic nitrogens is 1. The van der Waals surface area contributed by atoms with Crippen molar-refractivity contribution in [2.24, 2.45) is 0 Å². The van der Waals surface area contributed by atoms with Gasteiger partial charge in [-0.25, -0.2) is 17.5 Å². The van der Waals surface area contributed by atoms with Crippen molar-refractivity contribution >= 4 is 33.2 Å². The predicted octanol–water partition coefficient (Wildman–Crippen LogP) is 4.30. The fourth-order valence-corrected chi connectivity index (χ4v) is 4.23. The molecule has 7 nitrogen and oxygen atoms in total. The zero-order valence-electron chi connectivity index (χ0n) is 16.5. The number of hydrogen-bond donors (Lipinski definition) is 2. The number of benzene rings is 2. The number of aryl methyl sites for hydroxylation is 1. The lowest BCUT2D eigenvalue weighted by molar-refractivity contribution is 0.102. The Morgan fingerprint density at radius 3 is 2.61 bits per heavy atom. The van der Waals surface area contributed by atoms with Gasteiger partial charge in [-0.15, -0.1) is 6.58 Å². The number of anilines is 1. The van der Waals surface area contributed by atoms with Crippen LogP contribution in [0.3, 0.4) is 0 Å². The van der Waals surface area contributed by atoms with Crippen molar-refractivity contribution in [3.8, 4) is 11.3 Å². The van der Waals surface area contributed by atoms with Crippen molar-refractivity contribution < 1.29 is 22.1 Å². The zero-order valence-corrected chi connectivity index (χ0v) is 18.1. The minimum absolute atomic E-state index is 0.00546. The van der Waals surface area contributed by atoms with Crippen LogP contribution in [-0.2, 0) is 15.8 Å². The van der Waals surface area contributed by atoms with Gasteiger partial charge in [0.1, 0.15) is 22.8 Å². The van der Waals surface area contributed by atoms with E-state index in [9.17, 15) is 17.6 Å². The summed E-state index contributed by atoms with van der Waals surface area (Å²) in [7, 11) is -3.50. The molecule has 1 heterocycles. The van der Waals surface area contributed by atoms with Gasteiger partial charge < -0.3 is 9.84 Å². The van der Waals surface area contributed by atoms with Crippen LogP contribution in [0.4, 0.5) is 10.1 Å². The minimum atomic E-state index is -3.50. The number of amides is 1. The van der Waals surface area contributed by atoms with Gasteiger partial charge in [-0.3, -0.25) is 4.79 Å². The number of nitrogens with zero attached hydrogens (tertiary/aromatic N) is 1. The highest BCUT2D eigenvalue weighted by atomic mass is 35.5. The molecule has 0 radical (unpaired) electrons. The van der Waals surface area contributed by atoms with Gasteiger partial charge in [0.2, 0.25) is 10.0 Å². The van der Waals surface area contributed by atoms with E-state index < -0.39 is 21.7 Å². The number of hydrogen-bond acceptors (Lipinski definition) is 5. The lowest BCUT2D eigenvalue weighted by Crippen LogP contribution is -2.25. The van der Waals surface area contributed by atoms with Gasteiger partial charge in [0.05, 0.1) is 16.3 Å². The highest BCUT2D eigenvalue weighted by Gasteiger charge is 2.25. The second kappa shape index (κ2) is 9.42. The molecule has 31 heavy (non-hydrogen) atoms. The Hall–Kier alpha value is -3.01. The SMILES string of the molecule is C=CCNS(=O)(=O)Cc1ccc(NC(=O)c2c(-c3c(F)cccc3Cl)noc2C)cc1. The third-order valence-electron chi connectivity index (χ3n) is 4.31. The monoisotopic (exact) mass is 463 g/mol. The van der Waals surface area contributed by atoms with Crippen molar-refractivity contribution in [3.05, 3.63) is 82.8 Å². The largest absolute Gasteiger partial charge is 0.360 e. The summed E-state index contributed by atoms with van der Waals surface area (Å²) in [5, 5.41) is 6.58. The maximum Gasteiger partial charge on any atom is 0.261 e. The topological polar surface area (TPSA) is 101 Å². The maximum absolute atomic E-state index is 14.3. The van der Waals surface area contributed by atoms with Crippen molar-refractivity contribution in [3.63, 3.8) is 0 Å². The Labute approximate surface area is 184 Å². The molecule has 0 spiro atoms. The van der Waals surface area contributed by atoms with Crippen LogP contribution in [-0.4, -0.2) is 26.0 Å². The highest BCUT2D eigenvalue weighted by molar-refractivity contribution is 7.88. The normalized spacial score (nSPS) is 11.3. The van der Waals surface area contributed by atoms with Crippen LogP contribution in [0.5, 0.6) is 0 Å². The molecule has 2 N–H and O–H groups in total. The standard InChI is InChI=1S/C21H19ClFN3O4S/c1-3-11-24-31(28,29)12-14-7-9-15(10-8-14)25-21(27)18-13(2)30-26-20(18)19-16(22)5-4-6-17(19)23/h3-10,24H,1,11-12H2,2H3,(H,25,27). The first kappa shape index (κ1) is 22.7. The molecule has 1 amide bonds. The second-order valence-corrected chi connectivity index (χ2v) is 8.82. The molecule has 1 aromatic heterocycles. The Bertz CT molecular complexity index is 1200. The molecule has 0 saturated carbocycles. The molecule has 162 valence electrons. The van der Waals surface area contributed by atoms with Crippen molar-refractivity contribution in [2.75, 3.05) is 11.9 Å². The van der Waals surface area contributed by atoms with E-state index in [4.69, 9.17) is 16.1 Å². The summed E-state index contributed by atoms with van der Waals surface area (Å²) in [6.45, 7) is 5.14. The Kier molecular flexibility index (Phi) is 6.89. The summed E-state index contributed by atoms with van der Waals surface area (Å²) in [5.41, 5.74) is 0.964. The number of sulfonamides is 1. The van der Waals surface area contributed by atoms with E-state index in [1.165, 1.54) is 31.2 Å². The molecule has 0 bridgehead atoms. The van der Waals surface area contributed by atoms with Crippen LogP contribution in [0.15, 0.2) is 59.6 Å². The van der Waals surface area contributed by atoms with Gasteiger partial charge in [0, 0.05) is 12.2 Å². The summed E-state index contributed by atoms with van der Waals surface area (Å²) in [5.74, 6) is -1.22. The van der Waals surface area contributed by atoms with E-state index in [2.05, 4.69) is 21.8 Å². The summed E-state index contributed by atoms with van der Waals surface area (Å²) >= 11 is 6.10. The average molecular weight is 464 g/mol. The molecule has 0 aliphatic heterocycles. The van der Waals surface area contributed by atoms with E-state index >= 15 is 0 Å². The van der Waals surface area contributed by atoms with Crippen LogP contribution in [0.1, 0.15) is 21.7 Å². The first-order chi connectivity index (χ1) is 14.7. The maximum atomic E-state index is 14.3. The van der Waals surface area contributed by atoms with Gasteiger partial charge in [-0.1, -0.05) is 41.0 Å². The number of carbonyl (C=O) groups is 1. The van der Waals surface area contributed by atoms with E-state index in [0.717, 1.165) is 0 Å². The molecule has 0 fully saturated rings. The Morgan fingerprint density at radius 2 is 1.97 bits per heavy atom. The lowest BCUT2D eigenvalue weighted by Gasteiger charge is -2.09. The van der Waals surface area contributed by atoms with Crippen molar-refractivity contribution in [2.45, 2.75) is 12.7 Å². The van der Waals surface area contributed by atoms with Crippen LogP contribution < -0.4 is 10.0 Å². The van der Waals surface area contributed by atoms with Gasteiger partial charge in [0.15, 0.2) is 0 Å². The summed E-state index contributed by atoms with van der Waals surface area (Å²) in [6.07, 6.45) is 1.45. The van der Waals surface area contributed by atoms with E-state index in [1.54, 1.807) is 24.3 Å². The third-order valence-corrected chi connectivity index (χ3v) is 5.94. The molecule has 0 saturated heterocycles. The van der Waals surface area contributed by atoms with Crippen LogP contribution >= 0.6 is 11.6 Å². The van der Waals surface area contributed by atoms with Crippen molar-refractivity contribution in [1.29, 1.82) is 0 Å². The van der Waals surface area contributed by atoms with Gasteiger partial charge in [-0.2, -0.15) is 0 Å². The molecule has 3 rings (SSSR count). The fourth-order valence-electron chi connectivity index (χ4n) is 2.87. The number of halogens is 2. The predicted molar refractivity (Wildman–Crippen MR) is 117 cm³/mol. The Morgan fingerprint density at radius 1 is 1.26 bits per heavy atom. The average Bonchev–Trinajstić information content (AvgIpc) is 3.09. The molecule has 10 heteroatoms. The molecular formula is C21H19ClFN3O4S. The van der Waals surface area contributed by atoms with E-state index in [0.29, 0.717) is 11.3 Å². The van der Waals surface area contributed by atoms with Crippen LogP contribution in [0, 0.1) is 12.7 Å². The fraction of sp³-hybridized carbons (Fsp3) is 0.143. The summed E-state index contributed by atoms with van der Waals surface area (Å²) in [4.78, 5) is 12.9. The second-order valence-electron chi connectivity index (χ2n) is 6.61. The van der Waals surface area contributed by atoms with E-state index in [-0.39, 0.29) is 39.9 Å². The molecule has 0 aliphatic carbocycles. The first-order valence-electron chi connectivity index (χ1n) is 9.11. The van der Waals surface area contributed by atoms with Gasteiger partial charge in [0.25, 0.3) is 5.91 Å². The summed E-state index contributed by atoms with van der Waals surface area (Å²) < 4.78 is 45.7. The molecular weight excluding hydrogens is 445 g/mol. The smallest absolute Gasteiger partial charge is 0.261 e.